The number of terminal acetylenes is 1. The fourth-order valence-corrected chi connectivity index (χ4v) is 1.69. The number of hydrogen-bond acceptors (Lipinski definition) is 3. The van der Waals surface area contributed by atoms with Crippen LogP contribution in [0.5, 0.6) is 5.75 Å². The van der Waals surface area contributed by atoms with Gasteiger partial charge in [0.25, 0.3) is 5.56 Å². The second-order valence-corrected chi connectivity index (χ2v) is 3.88. The van der Waals surface area contributed by atoms with Crippen molar-refractivity contribution in [2.75, 3.05) is 6.61 Å². The van der Waals surface area contributed by atoms with Crippen molar-refractivity contribution in [2.24, 2.45) is 0 Å². The highest BCUT2D eigenvalue weighted by Gasteiger charge is 2.03. The van der Waals surface area contributed by atoms with Crippen molar-refractivity contribution in [3.63, 3.8) is 0 Å². The molecule has 1 heterocycles. The van der Waals surface area contributed by atoms with E-state index >= 15 is 0 Å². The summed E-state index contributed by atoms with van der Waals surface area (Å²) in [5.74, 6) is 3.22. The van der Waals surface area contributed by atoms with E-state index in [4.69, 9.17) is 11.2 Å². The van der Waals surface area contributed by atoms with Gasteiger partial charge in [-0.1, -0.05) is 5.92 Å². The summed E-state index contributed by atoms with van der Waals surface area (Å²) in [6, 6.07) is 10.7. The van der Waals surface area contributed by atoms with Crippen LogP contribution in [0.25, 0.3) is 11.3 Å². The number of benzene rings is 1. The number of aromatic nitrogens is 2. The van der Waals surface area contributed by atoms with Crippen LogP contribution >= 0.6 is 0 Å². The van der Waals surface area contributed by atoms with Crippen LogP contribution in [0.15, 0.2) is 41.2 Å². The summed E-state index contributed by atoms with van der Waals surface area (Å²) in [4.78, 5) is 11.5. The molecule has 0 radical (unpaired) electrons. The van der Waals surface area contributed by atoms with Crippen molar-refractivity contribution >= 4 is 0 Å². The highest BCUT2D eigenvalue weighted by molar-refractivity contribution is 5.59. The van der Waals surface area contributed by atoms with Crippen molar-refractivity contribution in [1.29, 1.82) is 0 Å². The van der Waals surface area contributed by atoms with Crippen LogP contribution in [0.1, 0.15) is 6.92 Å². The zero-order chi connectivity index (χ0) is 13.7. The van der Waals surface area contributed by atoms with Crippen molar-refractivity contribution in [1.82, 2.24) is 9.78 Å². The van der Waals surface area contributed by atoms with Crippen molar-refractivity contribution in [3.05, 3.63) is 46.8 Å². The van der Waals surface area contributed by atoms with Gasteiger partial charge in [-0.2, -0.15) is 5.10 Å². The lowest BCUT2D eigenvalue weighted by molar-refractivity contribution is 0.340. The average Bonchev–Trinajstić information content (AvgIpc) is 2.43. The van der Waals surface area contributed by atoms with Gasteiger partial charge in [0.05, 0.1) is 12.3 Å². The molecule has 4 nitrogen and oxygen atoms in total. The van der Waals surface area contributed by atoms with Crippen LogP contribution in [0, 0.1) is 12.3 Å². The molecule has 2 rings (SSSR count). The quantitative estimate of drug-likeness (QED) is 0.783. The minimum atomic E-state index is -0.201. The van der Waals surface area contributed by atoms with Gasteiger partial charge in [-0.05, 0) is 37.3 Å². The zero-order valence-electron chi connectivity index (χ0n) is 10.7. The van der Waals surface area contributed by atoms with Crippen LogP contribution < -0.4 is 10.3 Å². The van der Waals surface area contributed by atoms with Crippen LogP contribution in [0.3, 0.4) is 0 Å². The lowest BCUT2D eigenvalue weighted by Crippen LogP contribution is -2.21. The average molecular weight is 254 g/mol. The predicted octanol–water partition coefficient (Wildman–Crippen LogP) is 1.94. The first-order chi connectivity index (χ1) is 9.24. The van der Waals surface area contributed by atoms with Crippen LogP contribution in [0.4, 0.5) is 0 Å². The first kappa shape index (κ1) is 12.9. The van der Waals surface area contributed by atoms with Gasteiger partial charge in [-0.25, -0.2) is 4.68 Å². The molecule has 1 aromatic heterocycles. The smallest absolute Gasteiger partial charge is 0.267 e. The zero-order valence-corrected chi connectivity index (χ0v) is 10.7. The minimum absolute atomic E-state index is 0.170. The van der Waals surface area contributed by atoms with Gasteiger partial charge >= 0.3 is 0 Å². The molecule has 0 aliphatic carbocycles. The van der Waals surface area contributed by atoms with Crippen LogP contribution in [-0.4, -0.2) is 16.4 Å². The molecule has 0 fully saturated rings. The Hall–Kier alpha value is -2.54. The van der Waals surface area contributed by atoms with E-state index in [1.54, 1.807) is 6.07 Å². The highest BCUT2D eigenvalue weighted by Crippen LogP contribution is 2.19. The summed E-state index contributed by atoms with van der Waals surface area (Å²) in [6.45, 7) is 2.74. The highest BCUT2D eigenvalue weighted by atomic mass is 16.5. The summed E-state index contributed by atoms with van der Waals surface area (Å²) in [7, 11) is 0. The maximum atomic E-state index is 11.5. The monoisotopic (exact) mass is 254 g/mol. The Kier molecular flexibility index (Phi) is 3.99. The first-order valence-electron chi connectivity index (χ1n) is 5.99. The fourth-order valence-electron chi connectivity index (χ4n) is 1.69. The summed E-state index contributed by atoms with van der Waals surface area (Å²) in [5, 5.41) is 4.23. The second kappa shape index (κ2) is 5.87. The first-order valence-corrected chi connectivity index (χ1v) is 5.99. The van der Waals surface area contributed by atoms with Gasteiger partial charge in [-0.3, -0.25) is 4.79 Å². The molecule has 0 spiro atoms. The van der Waals surface area contributed by atoms with E-state index in [9.17, 15) is 4.79 Å². The normalized spacial score (nSPS) is 9.89. The van der Waals surface area contributed by atoms with Crippen molar-refractivity contribution < 1.29 is 4.74 Å². The topological polar surface area (TPSA) is 44.1 Å². The molecule has 0 saturated carbocycles. The SMILES string of the molecule is C#CCn1nc(-c2ccc(OCC)cc2)ccc1=O. The second-order valence-electron chi connectivity index (χ2n) is 3.88. The molecule has 0 saturated heterocycles. The molecule has 96 valence electrons. The molecule has 0 atom stereocenters. The van der Waals surface area contributed by atoms with Gasteiger partial charge in [-0.15, -0.1) is 6.42 Å². The third-order valence-electron chi connectivity index (χ3n) is 2.57. The number of hydrogen-bond donors (Lipinski definition) is 0. The standard InChI is InChI=1S/C15H14N2O2/c1-3-11-17-15(18)10-9-14(16-17)12-5-7-13(8-6-12)19-4-2/h1,5-10H,4,11H2,2H3. The number of rotatable bonds is 4. The summed E-state index contributed by atoms with van der Waals surface area (Å²) in [6.07, 6.45) is 5.21. The molecule has 4 heteroatoms. The molecular weight excluding hydrogens is 240 g/mol. The van der Waals surface area contributed by atoms with Gasteiger partial charge in [0.1, 0.15) is 12.3 Å². The molecule has 0 aliphatic heterocycles. The Balaban J connectivity index is 2.34. The van der Waals surface area contributed by atoms with Gasteiger partial charge in [0.2, 0.25) is 0 Å². The van der Waals surface area contributed by atoms with Crippen LogP contribution in [-0.2, 0) is 6.54 Å². The minimum Gasteiger partial charge on any atom is -0.494 e. The molecule has 1 aromatic carbocycles. The Morgan fingerprint density at radius 1 is 1.26 bits per heavy atom. The van der Waals surface area contributed by atoms with E-state index < -0.39 is 0 Å². The van der Waals surface area contributed by atoms with E-state index in [-0.39, 0.29) is 12.1 Å². The Morgan fingerprint density at radius 3 is 2.63 bits per heavy atom. The molecular formula is C15H14N2O2. The summed E-state index contributed by atoms with van der Waals surface area (Å²) in [5.41, 5.74) is 1.42. The molecule has 0 amide bonds. The van der Waals surface area contributed by atoms with E-state index in [2.05, 4.69) is 11.0 Å². The molecule has 2 aromatic rings. The predicted molar refractivity (Wildman–Crippen MR) is 73.9 cm³/mol. The number of ether oxygens (including phenoxy) is 1. The summed E-state index contributed by atoms with van der Waals surface area (Å²) < 4.78 is 6.65. The maximum Gasteiger partial charge on any atom is 0.267 e. The van der Waals surface area contributed by atoms with Crippen molar-refractivity contribution in [2.45, 2.75) is 13.5 Å². The van der Waals surface area contributed by atoms with Gasteiger partial charge in [0.15, 0.2) is 0 Å². The molecule has 0 N–H and O–H groups in total. The Morgan fingerprint density at radius 2 is 2.00 bits per heavy atom. The molecule has 0 bridgehead atoms. The lowest BCUT2D eigenvalue weighted by Gasteiger charge is -2.06. The lowest BCUT2D eigenvalue weighted by atomic mass is 10.1. The Bertz CT molecular complexity index is 651. The van der Waals surface area contributed by atoms with E-state index in [0.29, 0.717) is 12.3 Å². The Labute approximate surface area is 111 Å². The van der Waals surface area contributed by atoms with Gasteiger partial charge in [0, 0.05) is 11.6 Å². The molecule has 19 heavy (non-hydrogen) atoms. The van der Waals surface area contributed by atoms with Gasteiger partial charge < -0.3 is 4.74 Å². The third-order valence-corrected chi connectivity index (χ3v) is 2.57. The van der Waals surface area contributed by atoms with E-state index in [0.717, 1.165) is 11.3 Å². The van der Waals surface area contributed by atoms with Crippen molar-refractivity contribution in [3.8, 4) is 29.4 Å². The van der Waals surface area contributed by atoms with E-state index in [1.807, 2.05) is 31.2 Å². The third kappa shape index (κ3) is 3.02. The maximum absolute atomic E-state index is 11.5. The molecule has 0 aliphatic rings. The van der Waals surface area contributed by atoms with Crippen LogP contribution in [0.2, 0.25) is 0 Å². The van der Waals surface area contributed by atoms with E-state index in [1.165, 1.54) is 10.7 Å². The fraction of sp³-hybridized carbons (Fsp3) is 0.200. The molecule has 0 unspecified atom stereocenters. The largest absolute Gasteiger partial charge is 0.494 e. The number of nitrogens with zero attached hydrogens (tertiary/aromatic N) is 2. The summed E-state index contributed by atoms with van der Waals surface area (Å²) >= 11 is 0.